The van der Waals surface area contributed by atoms with Crippen LogP contribution in [-0.4, -0.2) is 104 Å². The van der Waals surface area contributed by atoms with E-state index in [0.29, 0.717) is 18.8 Å². The Balaban J connectivity index is 1.40. The zero-order valence-corrected chi connectivity index (χ0v) is 25.4. The predicted molar refractivity (Wildman–Crippen MR) is 158 cm³/mol. The summed E-state index contributed by atoms with van der Waals surface area (Å²) in [7, 11) is 0. The summed E-state index contributed by atoms with van der Waals surface area (Å²) in [6.45, 7) is 7.98. The van der Waals surface area contributed by atoms with Crippen molar-refractivity contribution in [2.45, 2.75) is 89.4 Å². The minimum atomic E-state index is -1.62. The van der Waals surface area contributed by atoms with Gasteiger partial charge in [0.15, 0.2) is 12.0 Å². The van der Waals surface area contributed by atoms with Crippen LogP contribution >= 0.6 is 0 Å². The number of unbranched alkanes of at least 4 members (excludes halogenated alkanes) is 1. The van der Waals surface area contributed by atoms with Crippen molar-refractivity contribution in [3.8, 4) is 0 Å². The van der Waals surface area contributed by atoms with Gasteiger partial charge in [0.25, 0.3) is 5.56 Å². The van der Waals surface area contributed by atoms with Crippen LogP contribution in [0.1, 0.15) is 57.9 Å². The maximum Gasteiger partial charge on any atom is 0.407 e. The van der Waals surface area contributed by atoms with Crippen LogP contribution in [0.2, 0.25) is 0 Å². The van der Waals surface area contributed by atoms with Gasteiger partial charge in [0.05, 0.1) is 12.7 Å². The first-order chi connectivity index (χ1) is 21.1. The minimum Gasteiger partial charge on any atom is -0.447 e. The number of rotatable bonds is 20. The number of hydrogen-bond donors (Lipinski definition) is 7. The standard InChI is InChI=1S/C27H47N9O8/c1-3-27(2,41)44-23-20(43-24(22(23)38)36-15-8-21(37)32-25(36)39)18-42-26(40)31-16-19-17-35(34-33-19)14-7-13-30-11-5-4-10-29-12-6-9-28/h8,15,17,20,22-24,29-30,38,41H,3-7,9-14,16,18,28H2,1-2H3,(H,31,40)(H,32,37,39). The highest BCUT2D eigenvalue weighted by Crippen LogP contribution is 2.33. The number of carbonyl (C=O) groups is 1. The number of hydrogen-bond acceptors (Lipinski definition) is 13. The van der Waals surface area contributed by atoms with E-state index in [9.17, 15) is 24.6 Å². The molecule has 2 aromatic heterocycles. The van der Waals surface area contributed by atoms with Crippen LogP contribution in [0.5, 0.6) is 0 Å². The van der Waals surface area contributed by atoms with E-state index in [1.54, 1.807) is 17.8 Å². The fourth-order valence-corrected chi connectivity index (χ4v) is 4.48. The molecule has 5 unspecified atom stereocenters. The average Bonchev–Trinajstić information content (AvgIpc) is 3.57. The number of H-pyrrole nitrogens is 1. The molecule has 0 aromatic carbocycles. The van der Waals surface area contributed by atoms with E-state index in [1.807, 2.05) is 0 Å². The van der Waals surface area contributed by atoms with Crippen LogP contribution in [0.15, 0.2) is 28.0 Å². The molecule has 0 saturated carbocycles. The van der Waals surface area contributed by atoms with Crippen LogP contribution in [0.3, 0.4) is 0 Å². The molecule has 3 rings (SSSR count). The van der Waals surface area contributed by atoms with Gasteiger partial charge in [-0.15, -0.1) is 5.10 Å². The Labute approximate surface area is 255 Å². The first-order valence-corrected chi connectivity index (χ1v) is 15.1. The van der Waals surface area contributed by atoms with Crippen molar-refractivity contribution < 1.29 is 29.2 Å². The van der Waals surface area contributed by atoms with Crippen molar-refractivity contribution >= 4 is 6.09 Å². The second-order valence-corrected chi connectivity index (χ2v) is 10.8. The molecule has 17 nitrogen and oxygen atoms in total. The van der Waals surface area contributed by atoms with Gasteiger partial charge in [-0.25, -0.2) is 9.59 Å². The number of aromatic amines is 1. The molecular weight excluding hydrogens is 578 g/mol. The monoisotopic (exact) mass is 625 g/mol. The summed E-state index contributed by atoms with van der Waals surface area (Å²) >= 11 is 0. The molecule has 1 fully saturated rings. The van der Waals surface area contributed by atoms with E-state index >= 15 is 0 Å². The number of alkyl carbamates (subject to hydrolysis) is 1. The van der Waals surface area contributed by atoms with Crippen molar-refractivity contribution in [1.82, 2.24) is 40.5 Å². The fraction of sp³-hybridized carbons (Fsp3) is 0.741. The SMILES string of the molecule is CCC(C)(O)OC1C(COC(=O)NCc2cn(CCCNCCCCNCCCN)nn2)OC(n2ccc(=O)[nH]c2=O)C1O. The lowest BCUT2D eigenvalue weighted by molar-refractivity contribution is -0.240. The molecule has 0 radical (unpaired) electrons. The third kappa shape index (κ3) is 11.4. The molecule has 44 heavy (non-hydrogen) atoms. The van der Waals surface area contributed by atoms with Crippen LogP contribution in [-0.2, 0) is 27.3 Å². The summed E-state index contributed by atoms with van der Waals surface area (Å²) in [4.78, 5) is 38.3. The molecule has 1 aliphatic rings. The summed E-state index contributed by atoms with van der Waals surface area (Å²) in [6.07, 6.45) is 1.55. The largest absolute Gasteiger partial charge is 0.447 e. The summed E-state index contributed by atoms with van der Waals surface area (Å²) in [6, 6.07) is 1.10. The smallest absolute Gasteiger partial charge is 0.407 e. The number of ether oxygens (including phenoxy) is 3. The molecule has 248 valence electrons. The van der Waals surface area contributed by atoms with Gasteiger partial charge in [0, 0.05) is 18.8 Å². The second kappa shape index (κ2) is 17.9. The van der Waals surface area contributed by atoms with E-state index in [1.165, 1.54) is 13.1 Å². The van der Waals surface area contributed by atoms with E-state index in [0.717, 1.165) is 62.5 Å². The van der Waals surface area contributed by atoms with E-state index in [-0.39, 0.29) is 19.6 Å². The molecule has 1 amide bonds. The first-order valence-electron chi connectivity index (χ1n) is 15.1. The van der Waals surface area contributed by atoms with Crippen LogP contribution in [0, 0.1) is 0 Å². The number of nitrogens with zero attached hydrogens (tertiary/aromatic N) is 4. The number of aliphatic hydroxyl groups excluding tert-OH is 1. The lowest BCUT2D eigenvalue weighted by Crippen LogP contribution is -2.45. The quantitative estimate of drug-likeness (QED) is 0.0658. The third-order valence-corrected chi connectivity index (χ3v) is 7.11. The predicted octanol–water partition coefficient (Wildman–Crippen LogP) is -1.49. The Morgan fingerprint density at radius 2 is 1.89 bits per heavy atom. The highest BCUT2D eigenvalue weighted by atomic mass is 16.7. The van der Waals surface area contributed by atoms with Gasteiger partial charge in [-0.2, -0.15) is 0 Å². The second-order valence-electron chi connectivity index (χ2n) is 10.8. The van der Waals surface area contributed by atoms with Crippen molar-refractivity contribution in [3.05, 3.63) is 45.0 Å². The molecule has 1 aliphatic heterocycles. The molecule has 3 heterocycles. The summed E-state index contributed by atoms with van der Waals surface area (Å²) in [5, 5.41) is 38.9. The number of nitrogens with one attached hydrogen (secondary N) is 4. The summed E-state index contributed by atoms with van der Waals surface area (Å²) < 4.78 is 19.5. The zero-order valence-electron chi connectivity index (χ0n) is 25.4. The molecule has 0 bridgehead atoms. The number of nitrogens with two attached hydrogens (primary N) is 1. The average molecular weight is 626 g/mol. The minimum absolute atomic E-state index is 0.0738. The lowest BCUT2D eigenvalue weighted by atomic mass is 10.1. The lowest BCUT2D eigenvalue weighted by Gasteiger charge is -2.30. The zero-order chi connectivity index (χ0) is 32.0. The third-order valence-electron chi connectivity index (χ3n) is 7.11. The topological polar surface area (TPSA) is 233 Å². The van der Waals surface area contributed by atoms with Gasteiger partial charge in [-0.1, -0.05) is 12.1 Å². The fourth-order valence-electron chi connectivity index (χ4n) is 4.48. The Bertz CT molecular complexity index is 1250. The molecule has 17 heteroatoms. The number of carbonyl (C=O) groups excluding carboxylic acids is 1. The maximum absolute atomic E-state index is 12.4. The maximum atomic E-state index is 12.4. The highest BCUT2D eigenvalue weighted by Gasteiger charge is 2.48. The Kier molecular flexibility index (Phi) is 14.4. The van der Waals surface area contributed by atoms with E-state index < -0.39 is 47.7 Å². The van der Waals surface area contributed by atoms with Crippen molar-refractivity contribution in [2.75, 3.05) is 39.3 Å². The molecule has 2 aromatic rings. The summed E-state index contributed by atoms with van der Waals surface area (Å²) in [5.41, 5.74) is 4.60. The highest BCUT2D eigenvalue weighted by molar-refractivity contribution is 5.67. The number of aromatic nitrogens is 5. The van der Waals surface area contributed by atoms with E-state index in [4.69, 9.17) is 19.9 Å². The molecular formula is C27H47N9O8. The number of amides is 1. The number of aliphatic hydroxyl groups is 2. The molecule has 0 spiro atoms. The van der Waals surface area contributed by atoms with Gasteiger partial charge in [-0.05, 0) is 71.8 Å². The van der Waals surface area contributed by atoms with Crippen LogP contribution < -0.4 is 32.9 Å². The molecule has 0 aliphatic carbocycles. The molecule has 8 N–H and O–H groups in total. The van der Waals surface area contributed by atoms with Crippen LogP contribution in [0.25, 0.3) is 0 Å². The van der Waals surface area contributed by atoms with Gasteiger partial charge in [0.2, 0.25) is 0 Å². The Hall–Kier alpha value is -3.19. The Morgan fingerprint density at radius 1 is 1.18 bits per heavy atom. The normalized spacial score (nSPS) is 21.3. The Morgan fingerprint density at radius 3 is 2.57 bits per heavy atom. The van der Waals surface area contributed by atoms with Gasteiger partial charge >= 0.3 is 11.8 Å². The van der Waals surface area contributed by atoms with Crippen molar-refractivity contribution in [1.29, 1.82) is 0 Å². The molecule has 1 saturated heterocycles. The number of aryl methyl sites for hydroxylation is 1. The van der Waals surface area contributed by atoms with E-state index in [2.05, 4.69) is 31.2 Å². The van der Waals surface area contributed by atoms with Gasteiger partial charge in [-0.3, -0.25) is 19.0 Å². The summed E-state index contributed by atoms with van der Waals surface area (Å²) in [5.74, 6) is -1.62. The molecule has 5 atom stereocenters. The van der Waals surface area contributed by atoms with Crippen molar-refractivity contribution in [3.63, 3.8) is 0 Å². The van der Waals surface area contributed by atoms with Crippen LogP contribution in [0.4, 0.5) is 4.79 Å². The van der Waals surface area contributed by atoms with Crippen molar-refractivity contribution in [2.24, 2.45) is 5.73 Å². The first kappa shape index (κ1) is 35.3. The van der Waals surface area contributed by atoms with Gasteiger partial charge in [0.1, 0.15) is 30.6 Å². The van der Waals surface area contributed by atoms with Gasteiger partial charge < -0.3 is 46.1 Å².